The number of piperidine rings is 3. The summed E-state index contributed by atoms with van der Waals surface area (Å²) in [6.07, 6.45) is 2.50. The zero-order chi connectivity index (χ0) is 13.4. The summed E-state index contributed by atoms with van der Waals surface area (Å²) in [6, 6.07) is 4.71. The van der Waals surface area contributed by atoms with Crippen molar-refractivity contribution in [1.82, 2.24) is 10.2 Å². The minimum absolute atomic E-state index is 0.0562. The molecule has 1 aromatic carbocycles. The average molecular weight is 266 g/mol. The van der Waals surface area contributed by atoms with E-state index in [4.69, 9.17) is 0 Å². The maximum Gasteiger partial charge on any atom is 0.159 e. The molecule has 2 bridgehead atoms. The van der Waals surface area contributed by atoms with Crippen molar-refractivity contribution in [2.45, 2.75) is 31.8 Å². The first-order chi connectivity index (χ1) is 9.13. The number of hydrogen-bond donors (Lipinski definition) is 1. The lowest BCUT2D eigenvalue weighted by molar-refractivity contribution is 0.0680. The fourth-order valence-corrected chi connectivity index (χ4v) is 3.35. The molecule has 1 N–H and O–H groups in total. The van der Waals surface area contributed by atoms with Gasteiger partial charge in [0.1, 0.15) is 0 Å². The third kappa shape index (κ3) is 2.65. The fourth-order valence-electron chi connectivity index (χ4n) is 3.35. The molecule has 0 aliphatic carbocycles. The summed E-state index contributed by atoms with van der Waals surface area (Å²) in [5, 5.41) is 3.58. The fraction of sp³-hybridized carbons (Fsp3) is 0.600. The van der Waals surface area contributed by atoms with Gasteiger partial charge < -0.3 is 10.2 Å². The number of hydrogen-bond acceptors (Lipinski definition) is 2. The molecule has 0 aromatic heterocycles. The van der Waals surface area contributed by atoms with E-state index in [-0.39, 0.29) is 6.04 Å². The molecule has 1 aromatic rings. The molecule has 3 saturated heterocycles. The van der Waals surface area contributed by atoms with E-state index in [2.05, 4.69) is 10.2 Å². The summed E-state index contributed by atoms with van der Waals surface area (Å²) in [4.78, 5) is 2.48. The molecule has 2 nitrogen and oxygen atoms in total. The van der Waals surface area contributed by atoms with E-state index >= 15 is 0 Å². The first-order valence-corrected chi connectivity index (χ1v) is 7.07. The van der Waals surface area contributed by atoms with Gasteiger partial charge >= 0.3 is 0 Å². The molecular weight excluding hydrogens is 246 g/mol. The van der Waals surface area contributed by atoms with Crippen LogP contribution in [-0.2, 0) is 0 Å². The quantitative estimate of drug-likeness (QED) is 0.905. The van der Waals surface area contributed by atoms with Crippen molar-refractivity contribution >= 4 is 0 Å². The predicted molar refractivity (Wildman–Crippen MR) is 70.9 cm³/mol. The average Bonchev–Trinajstić information content (AvgIpc) is 2.43. The second kappa shape index (κ2) is 5.17. The molecule has 3 aliphatic rings. The third-order valence-electron chi connectivity index (χ3n) is 4.56. The van der Waals surface area contributed by atoms with E-state index in [0.717, 1.165) is 18.0 Å². The van der Waals surface area contributed by atoms with Gasteiger partial charge in [0.25, 0.3) is 0 Å². The molecule has 0 saturated carbocycles. The van der Waals surface area contributed by atoms with Gasteiger partial charge in [0.15, 0.2) is 11.6 Å². The van der Waals surface area contributed by atoms with Gasteiger partial charge in [0.05, 0.1) is 0 Å². The van der Waals surface area contributed by atoms with Crippen molar-refractivity contribution in [3.8, 4) is 0 Å². The second-order valence-corrected chi connectivity index (χ2v) is 5.81. The molecule has 4 heteroatoms. The molecule has 0 spiro atoms. The minimum atomic E-state index is -0.779. The molecule has 0 amide bonds. The number of halogens is 2. The molecule has 3 fully saturated rings. The number of rotatable bonds is 3. The van der Waals surface area contributed by atoms with Gasteiger partial charge in [-0.3, -0.25) is 0 Å². The molecule has 4 rings (SSSR count). The molecule has 19 heavy (non-hydrogen) atoms. The Balaban J connectivity index is 1.67. The third-order valence-corrected chi connectivity index (χ3v) is 4.56. The molecule has 0 radical (unpaired) electrons. The van der Waals surface area contributed by atoms with Crippen molar-refractivity contribution in [2.75, 3.05) is 19.6 Å². The predicted octanol–water partition coefficient (Wildman–Crippen LogP) is 2.71. The number of nitrogens with zero attached hydrogens (tertiary/aromatic N) is 1. The van der Waals surface area contributed by atoms with Crippen LogP contribution in [0.25, 0.3) is 0 Å². The van der Waals surface area contributed by atoms with Crippen LogP contribution < -0.4 is 5.32 Å². The van der Waals surface area contributed by atoms with E-state index in [9.17, 15) is 8.78 Å². The summed E-state index contributed by atoms with van der Waals surface area (Å²) < 4.78 is 26.2. The van der Waals surface area contributed by atoms with Gasteiger partial charge in [-0.25, -0.2) is 8.78 Å². The summed E-state index contributed by atoms with van der Waals surface area (Å²) >= 11 is 0. The van der Waals surface area contributed by atoms with Crippen LogP contribution in [-0.4, -0.2) is 30.6 Å². The highest BCUT2D eigenvalue weighted by Crippen LogP contribution is 2.29. The Morgan fingerprint density at radius 1 is 1.21 bits per heavy atom. The van der Waals surface area contributed by atoms with Gasteiger partial charge in [-0.15, -0.1) is 0 Å². The highest BCUT2D eigenvalue weighted by Gasteiger charge is 2.34. The summed E-state index contributed by atoms with van der Waals surface area (Å²) in [5.74, 6) is -0.809. The Hall–Kier alpha value is -1.00. The molecular formula is C15H20F2N2. The van der Waals surface area contributed by atoms with Crippen LogP contribution >= 0.6 is 0 Å². The first-order valence-electron chi connectivity index (χ1n) is 7.07. The van der Waals surface area contributed by atoms with Crippen molar-refractivity contribution < 1.29 is 8.78 Å². The smallest absolute Gasteiger partial charge is 0.159 e. The Bertz CT molecular complexity index is 455. The van der Waals surface area contributed by atoms with Gasteiger partial charge in [-0.1, -0.05) is 6.07 Å². The van der Waals surface area contributed by atoms with Gasteiger partial charge in [0.2, 0.25) is 0 Å². The number of benzene rings is 1. The Kier molecular flexibility index (Phi) is 3.54. The zero-order valence-electron chi connectivity index (χ0n) is 11.2. The monoisotopic (exact) mass is 266 g/mol. The van der Waals surface area contributed by atoms with Crippen molar-refractivity contribution in [2.24, 2.45) is 5.92 Å². The maximum absolute atomic E-state index is 13.3. The highest BCUT2D eigenvalue weighted by atomic mass is 19.2. The van der Waals surface area contributed by atoms with E-state index in [1.54, 1.807) is 6.07 Å². The Morgan fingerprint density at radius 3 is 2.53 bits per heavy atom. The van der Waals surface area contributed by atoms with E-state index < -0.39 is 11.6 Å². The van der Waals surface area contributed by atoms with Gasteiger partial charge in [-0.05, 0) is 56.5 Å². The SMILES string of the molecule is CC(NC1CN2CCC1CC2)c1ccc(F)c(F)c1. The van der Waals surface area contributed by atoms with E-state index in [1.165, 1.54) is 38.1 Å². The van der Waals surface area contributed by atoms with Crippen LogP contribution in [0, 0.1) is 17.6 Å². The van der Waals surface area contributed by atoms with Gasteiger partial charge in [-0.2, -0.15) is 0 Å². The van der Waals surface area contributed by atoms with Crippen molar-refractivity contribution in [3.63, 3.8) is 0 Å². The zero-order valence-corrected chi connectivity index (χ0v) is 11.2. The van der Waals surface area contributed by atoms with Crippen LogP contribution in [0.3, 0.4) is 0 Å². The second-order valence-electron chi connectivity index (χ2n) is 5.81. The van der Waals surface area contributed by atoms with Crippen LogP contribution in [0.1, 0.15) is 31.4 Å². The molecule has 3 heterocycles. The largest absolute Gasteiger partial charge is 0.306 e. The van der Waals surface area contributed by atoms with E-state index in [0.29, 0.717) is 6.04 Å². The van der Waals surface area contributed by atoms with Crippen LogP contribution in [0.2, 0.25) is 0 Å². The van der Waals surface area contributed by atoms with Crippen molar-refractivity contribution in [3.05, 3.63) is 35.4 Å². The topological polar surface area (TPSA) is 15.3 Å². The maximum atomic E-state index is 13.3. The van der Waals surface area contributed by atoms with Crippen LogP contribution in [0.5, 0.6) is 0 Å². The number of fused-ring (bicyclic) bond motifs is 3. The number of nitrogens with one attached hydrogen (secondary N) is 1. The highest BCUT2D eigenvalue weighted by molar-refractivity contribution is 5.21. The Morgan fingerprint density at radius 2 is 1.95 bits per heavy atom. The van der Waals surface area contributed by atoms with Crippen molar-refractivity contribution in [1.29, 1.82) is 0 Å². The first kappa shape index (κ1) is 13.0. The lowest BCUT2D eigenvalue weighted by Crippen LogP contribution is -2.56. The lowest BCUT2D eigenvalue weighted by Gasteiger charge is -2.46. The van der Waals surface area contributed by atoms with Crippen LogP contribution in [0.4, 0.5) is 8.78 Å². The minimum Gasteiger partial charge on any atom is -0.306 e. The summed E-state index contributed by atoms with van der Waals surface area (Å²) in [7, 11) is 0. The summed E-state index contributed by atoms with van der Waals surface area (Å²) in [6.45, 7) is 5.52. The van der Waals surface area contributed by atoms with Crippen LogP contribution in [0.15, 0.2) is 18.2 Å². The lowest BCUT2D eigenvalue weighted by atomic mass is 9.83. The molecule has 2 unspecified atom stereocenters. The Labute approximate surface area is 112 Å². The standard InChI is InChI=1S/C15H20F2N2/c1-10(12-2-3-13(16)14(17)8-12)18-15-9-19-6-4-11(15)5-7-19/h2-3,8,10-11,15,18H,4-7,9H2,1H3. The van der Waals surface area contributed by atoms with Gasteiger partial charge in [0, 0.05) is 18.6 Å². The molecule has 2 atom stereocenters. The summed E-state index contributed by atoms with van der Waals surface area (Å²) in [5.41, 5.74) is 0.815. The normalized spacial score (nSPS) is 31.4. The molecule has 3 aliphatic heterocycles. The molecule has 104 valence electrons. The van der Waals surface area contributed by atoms with E-state index in [1.807, 2.05) is 6.92 Å².